The summed E-state index contributed by atoms with van der Waals surface area (Å²) < 4.78 is 13.5. The molecule has 94 valence electrons. The van der Waals surface area contributed by atoms with Gasteiger partial charge >= 0.3 is 0 Å². The van der Waals surface area contributed by atoms with Crippen molar-refractivity contribution in [3.8, 4) is 0 Å². The van der Waals surface area contributed by atoms with E-state index in [9.17, 15) is 9.18 Å². The quantitative estimate of drug-likeness (QED) is 0.775. The summed E-state index contributed by atoms with van der Waals surface area (Å²) in [7, 11) is 1.64. The van der Waals surface area contributed by atoms with E-state index in [1.165, 1.54) is 17.0 Å². The minimum Gasteiger partial charge on any atom is -0.342 e. The van der Waals surface area contributed by atoms with Crippen LogP contribution in [0.3, 0.4) is 0 Å². The average molecular weight is 278 g/mol. The van der Waals surface area contributed by atoms with E-state index in [2.05, 4.69) is 0 Å². The van der Waals surface area contributed by atoms with Crippen molar-refractivity contribution in [1.29, 1.82) is 0 Å². The second-order valence-electron chi connectivity index (χ2n) is 3.88. The molecule has 0 aliphatic carbocycles. The van der Waals surface area contributed by atoms with Gasteiger partial charge in [0.1, 0.15) is 5.82 Å². The molecule has 0 aliphatic heterocycles. The van der Waals surface area contributed by atoms with E-state index in [-0.39, 0.29) is 29.0 Å². The molecule has 1 aromatic rings. The normalized spacial score (nSPS) is 12.3. The lowest BCUT2D eigenvalue weighted by molar-refractivity contribution is -0.130. The fourth-order valence-corrected chi connectivity index (χ4v) is 1.76. The summed E-state index contributed by atoms with van der Waals surface area (Å²) in [6.45, 7) is 1.83. The molecule has 1 amide bonds. The van der Waals surface area contributed by atoms with E-state index >= 15 is 0 Å². The van der Waals surface area contributed by atoms with Crippen LogP contribution in [-0.2, 0) is 11.2 Å². The number of alkyl halides is 1. The van der Waals surface area contributed by atoms with Gasteiger partial charge in [0.05, 0.1) is 6.42 Å². The molecule has 0 saturated carbocycles. The van der Waals surface area contributed by atoms with Gasteiger partial charge in [-0.1, -0.05) is 17.7 Å². The fourth-order valence-electron chi connectivity index (χ4n) is 1.33. The highest BCUT2D eigenvalue weighted by atomic mass is 35.5. The van der Waals surface area contributed by atoms with Crippen molar-refractivity contribution in [3.05, 3.63) is 34.6 Å². The van der Waals surface area contributed by atoms with Crippen LogP contribution in [0.4, 0.5) is 4.39 Å². The standard InChI is InChI=1S/C12H14Cl2FNO/c1-8(7-13)16(2)12(17)6-9-10(14)4-3-5-11(9)15/h3-5,8H,6-7H2,1-2H3. The molecule has 0 heterocycles. The molecular weight excluding hydrogens is 264 g/mol. The van der Waals surface area contributed by atoms with E-state index in [1.807, 2.05) is 6.92 Å². The largest absolute Gasteiger partial charge is 0.342 e. The van der Waals surface area contributed by atoms with Crippen LogP contribution in [0.1, 0.15) is 12.5 Å². The summed E-state index contributed by atoms with van der Waals surface area (Å²) in [6, 6.07) is 4.28. The van der Waals surface area contributed by atoms with Crippen LogP contribution in [0.2, 0.25) is 5.02 Å². The third-order valence-corrected chi connectivity index (χ3v) is 3.47. The Labute approximate surface area is 110 Å². The Morgan fingerprint density at radius 3 is 2.71 bits per heavy atom. The second-order valence-corrected chi connectivity index (χ2v) is 4.60. The maximum Gasteiger partial charge on any atom is 0.227 e. The van der Waals surface area contributed by atoms with Crippen LogP contribution >= 0.6 is 23.2 Å². The molecule has 17 heavy (non-hydrogen) atoms. The third kappa shape index (κ3) is 3.58. The summed E-state index contributed by atoms with van der Waals surface area (Å²) in [5, 5.41) is 0.269. The molecule has 5 heteroatoms. The first kappa shape index (κ1) is 14.3. The molecule has 1 rings (SSSR count). The Morgan fingerprint density at radius 1 is 1.53 bits per heavy atom. The lowest BCUT2D eigenvalue weighted by Gasteiger charge is -2.23. The zero-order valence-electron chi connectivity index (χ0n) is 9.71. The fraction of sp³-hybridized carbons (Fsp3) is 0.417. The minimum atomic E-state index is -0.460. The summed E-state index contributed by atoms with van der Waals surface area (Å²) in [5.74, 6) is -0.323. The number of hydrogen-bond donors (Lipinski definition) is 0. The summed E-state index contributed by atoms with van der Waals surface area (Å²) in [6.07, 6.45) is -0.0523. The van der Waals surface area contributed by atoms with Gasteiger partial charge in [-0.2, -0.15) is 0 Å². The number of likely N-dealkylation sites (N-methyl/N-ethyl adjacent to an activating group) is 1. The average Bonchev–Trinajstić information content (AvgIpc) is 2.31. The van der Waals surface area contributed by atoms with Gasteiger partial charge in [0, 0.05) is 29.6 Å². The molecule has 0 N–H and O–H groups in total. The molecule has 1 aromatic carbocycles. The molecule has 0 radical (unpaired) electrons. The van der Waals surface area contributed by atoms with E-state index in [0.717, 1.165) is 0 Å². The van der Waals surface area contributed by atoms with E-state index < -0.39 is 5.82 Å². The predicted octanol–water partition coefficient (Wildman–Crippen LogP) is 3.11. The number of amides is 1. The molecule has 0 fully saturated rings. The molecule has 0 bridgehead atoms. The predicted molar refractivity (Wildman–Crippen MR) is 68.1 cm³/mol. The highest BCUT2D eigenvalue weighted by Gasteiger charge is 2.18. The Bertz CT molecular complexity index is 391. The molecule has 0 aliphatic rings. The number of carbonyl (C=O) groups excluding carboxylic acids is 1. The number of hydrogen-bond acceptors (Lipinski definition) is 1. The van der Waals surface area contributed by atoms with E-state index in [1.54, 1.807) is 13.1 Å². The van der Waals surface area contributed by atoms with Crippen LogP contribution in [0.15, 0.2) is 18.2 Å². The Kier molecular flexibility index (Phi) is 5.22. The number of carbonyl (C=O) groups is 1. The van der Waals surface area contributed by atoms with Gasteiger partial charge in [0.2, 0.25) is 5.91 Å². The number of nitrogens with zero attached hydrogens (tertiary/aromatic N) is 1. The van der Waals surface area contributed by atoms with Crippen LogP contribution in [0.25, 0.3) is 0 Å². The van der Waals surface area contributed by atoms with Gasteiger partial charge in [-0.3, -0.25) is 4.79 Å². The van der Waals surface area contributed by atoms with Gasteiger partial charge < -0.3 is 4.90 Å². The van der Waals surface area contributed by atoms with Gasteiger partial charge in [0.25, 0.3) is 0 Å². The van der Waals surface area contributed by atoms with Crippen molar-refractivity contribution in [2.45, 2.75) is 19.4 Å². The van der Waals surface area contributed by atoms with Crippen LogP contribution < -0.4 is 0 Å². The van der Waals surface area contributed by atoms with Crippen LogP contribution in [0, 0.1) is 5.82 Å². The lowest BCUT2D eigenvalue weighted by atomic mass is 10.1. The molecule has 1 atom stereocenters. The molecule has 0 spiro atoms. The van der Waals surface area contributed by atoms with Crippen LogP contribution in [-0.4, -0.2) is 29.8 Å². The SMILES string of the molecule is CC(CCl)N(C)C(=O)Cc1c(F)cccc1Cl. The van der Waals surface area contributed by atoms with Crippen molar-refractivity contribution in [2.24, 2.45) is 0 Å². The summed E-state index contributed by atoms with van der Waals surface area (Å²) in [4.78, 5) is 13.4. The first-order valence-corrected chi connectivity index (χ1v) is 6.13. The molecule has 0 saturated heterocycles. The summed E-state index contributed by atoms with van der Waals surface area (Å²) in [5.41, 5.74) is 0.229. The highest BCUT2D eigenvalue weighted by Crippen LogP contribution is 2.20. The van der Waals surface area contributed by atoms with E-state index in [0.29, 0.717) is 5.88 Å². The van der Waals surface area contributed by atoms with Crippen molar-refractivity contribution in [2.75, 3.05) is 12.9 Å². The maximum atomic E-state index is 13.5. The van der Waals surface area contributed by atoms with Crippen molar-refractivity contribution in [1.82, 2.24) is 4.90 Å². The third-order valence-electron chi connectivity index (χ3n) is 2.67. The molecule has 0 aromatic heterocycles. The molecule has 2 nitrogen and oxygen atoms in total. The van der Waals surface area contributed by atoms with Gasteiger partial charge in [-0.05, 0) is 19.1 Å². The molecular formula is C12H14Cl2FNO. The van der Waals surface area contributed by atoms with Crippen molar-refractivity contribution < 1.29 is 9.18 Å². The van der Waals surface area contributed by atoms with Crippen LogP contribution in [0.5, 0.6) is 0 Å². The zero-order valence-corrected chi connectivity index (χ0v) is 11.2. The Balaban J connectivity index is 2.81. The van der Waals surface area contributed by atoms with Crippen molar-refractivity contribution in [3.63, 3.8) is 0 Å². The maximum absolute atomic E-state index is 13.5. The van der Waals surface area contributed by atoms with Gasteiger partial charge in [-0.25, -0.2) is 4.39 Å². The first-order chi connectivity index (χ1) is 7.97. The number of halogens is 3. The first-order valence-electron chi connectivity index (χ1n) is 5.22. The van der Waals surface area contributed by atoms with E-state index in [4.69, 9.17) is 23.2 Å². The Hall–Kier alpha value is -0.800. The Morgan fingerprint density at radius 2 is 2.18 bits per heavy atom. The zero-order chi connectivity index (χ0) is 13.0. The monoisotopic (exact) mass is 277 g/mol. The topological polar surface area (TPSA) is 20.3 Å². The van der Waals surface area contributed by atoms with Crippen molar-refractivity contribution >= 4 is 29.1 Å². The minimum absolute atomic E-state index is 0.0523. The van der Waals surface area contributed by atoms with Gasteiger partial charge in [-0.15, -0.1) is 11.6 Å². The second kappa shape index (κ2) is 6.22. The van der Waals surface area contributed by atoms with Gasteiger partial charge in [0.15, 0.2) is 0 Å². The lowest BCUT2D eigenvalue weighted by Crippen LogP contribution is -2.37. The number of benzene rings is 1. The molecule has 1 unspecified atom stereocenters. The highest BCUT2D eigenvalue weighted by molar-refractivity contribution is 6.31. The smallest absolute Gasteiger partial charge is 0.227 e. The number of rotatable bonds is 4. The summed E-state index contributed by atoms with van der Waals surface area (Å²) >= 11 is 11.5.